The minimum Gasteiger partial charge on any atom is -0.301 e. The molecule has 5 nitrogen and oxygen atoms in total. The van der Waals surface area contributed by atoms with Crippen molar-refractivity contribution >= 4 is 32.2 Å². The van der Waals surface area contributed by atoms with Gasteiger partial charge in [-0.25, -0.2) is 13.4 Å². The lowest BCUT2D eigenvalue weighted by molar-refractivity contribution is -0.117. The molecule has 1 N–H and O–H groups in total. The lowest BCUT2D eigenvalue weighted by Gasteiger charge is -2.23. The second-order valence-electron chi connectivity index (χ2n) is 7.96. The van der Waals surface area contributed by atoms with Gasteiger partial charge in [0, 0.05) is 4.88 Å². The molecule has 0 saturated carbocycles. The van der Waals surface area contributed by atoms with E-state index in [0.717, 1.165) is 16.1 Å². The average Bonchev–Trinajstić information content (AvgIpc) is 2.88. The monoisotopic (exact) mass is 394 g/mol. The molecule has 1 heterocycles. The fourth-order valence-corrected chi connectivity index (χ4v) is 4.93. The van der Waals surface area contributed by atoms with Crippen molar-refractivity contribution < 1.29 is 13.2 Å². The van der Waals surface area contributed by atoms with E-state index in [2.05, 4.69) is 31.1 Å². The summed E-state index contributed by atoms with van der Waals surface area (Å²) in [5.74, 6) is -0.590. The quantitative estimate of drug-likeness (QED) is 0.841. The van der Waals surface area contributed by atoms with Crippen molar-refractivity contribution in [3.05, 3.63) is 40.4 Å². The first-order valence-corrected chi connectivity index (χ1v) is 10.7. The number of nitrogens with zero attached hydrogens (tertiary/aromatic N) is 1. The third-order valence-corrected chi connectivity index (χ3v) is 8.17. The van der Waals surface area contributed by atoms with Crippen molar-refractivity contribution in [3.63, 3.8) is 0 Å². The average molecular weight is 395 g/mol. The van der Waals surface area contributed by atoms with Crippen molar-refractivity contribution in [3.8, 4) is 0 Å². The Bertz CT molecular complexity index is 919. The summed E-state index contributed by atoms with van der Waals surface area (Å²) in [6.45, 7) is 12.8. The molecule has 0 radical (unpaired) electrons. The Hall–Kier alpha value is -1.73. The third kappa shape index (κ3) is 3.83. The van der Waals surface area contributed by atoms with Crippen molar-refractivity contribution in [1.29, 1.82) is 0 Å². The van der Waals surface area contributed by atoms with E-state index in [1.807, 2.05) is 13.8 Å². The largest absolute Gasteiger partial charge is 0.301 e. The summed E-state index contributed by atoms with van der Waals surface area (Å²) in [5.41, 5.74) is 1.71. The maximum atomic E-state index is 13.0. The fraction of sp³-hybridized carbons (Fsp3) is 0.474. The molecule has 0 spiro atoms. The molecule has 0 fully saturated rings. The van der Waals surface area contributed by atoms with Crippen molar-refractivity contribution in [2.24, 2.45) is 0 Å². The SMILES string of the molecule is Cc1ccc(S(=O)(=O)C(C)(C)C(=O)Nc2nc(C)c(C(C)(C)C)s2)cc1. The molecule has 0 saturated heterocycles. The Morgan fingerprint density at radius 3 is 2.04 bits per heavy atom. The molecule has 0 unspecified atom stereocenters. The molecule has 0 aliphatic carbocycles. The Morgan fingerprint density at radius 2 is 1.58 bits per heavy atom. The maximum absolute atomic E-state index is 13.0. The van der Waals surface area contributed by atoms with E-state index >= 15 is 0 Å². The first-order chi connectivity index (χ1) is 11.8. The number of carbonyl (C=O) groups is 1. The highest BCUT2D eigenvalue weighted by Crippen LogP contribution is 2.34. The molecule has 26 heavy (non-hydrogen) atoms. The molecule has 142 valence electrons. The number of amides is 1. The number of sulfone groups is 1. The normalized spacial score (nSPS) is 12.9. The standard InChI is InChI=1S/C19H26N2O3S2/c1-12-8-10-14(11-9-12)26(23,24)19(6,7)16(22)21-17-20-13(2)15(25-17)18(3,4)5/h8-11H,1-7H3,(H,20,21,22). The van der Waals surface area contributed by atoms with Crippen LogP contribution in [0.1, 0.15) is 50.8 Å². The molecule has 1 aromatic heterocycles. The number of carbonyl (C=O) groups excluding carboxylic acids is 1. The van der Waals surface area contributed by atoms with Gasteiger partial charge in [0.2, 0.25) is 5.91 Å². The van der Waals surface area contributed by atoms with Gasteiger partial charge in [-0.15, -0.1) is 11.3 Å². The maximum Gasteiger partial charge on any atom is 0.247 e. The van der Waals surface area contributed by atoms with Gasteiger partial charge >= 0.3 is 0 Å². The van der Waals surface area contributed by atoms with Crippen LogP contribution >= 0.6 is 11.3 Å². The lowest BCUT2D eigenvalue weighted by atomic mass is 9.94. The fourth-order valence-electron chi connectivity index (χ4n) is 2.53. The van der Waals surface area contributed by atoms with Crippen LogP contribution in [-0.2, 0) is 20.0 Å². The number of rotatable bonds is 4. The smallest absolute Gasteiger partial charge is 0.247 e. The van der Waals surface area contributed by atoms with E-state index in [0.29, 0.717) is 5.13 Å². The summed E-state index contributed by atoms with van der Waals surface area (Å²) >= 11 is 1.38. The van der Waals surface area contributed by atoms with Gasteiger partial charge in [-0.1, -0.05) is 38.5 Å². The van der Waals surface area contributed by atoms with Gasteiger partial charge in [0.1, 0.15) is 4.75 Å². The van der Waals surface area contributed by atoms with E-state index in [9.17, 15) is 13.2 Å². The van der Waals surface area contributed by atoms with Crippen molar-refractivity contribution in [2.75, 3.05) is 5.32 Å². The first-order valence-electron chi connectivity index (χ1n) is 8.37. The van der Waals surface area contributed by atoms with Crippen LogP contribution in [0.15, 0.2) is 29.2 Å². The summed E-state index contributed by atoms with van der Waals surface area (Å²) in [7, 11) is -3.84. The second-order valence-corrected chi connectivity index (χ2v) is 11.5. The molecule has 0 aliphatic heterocycles. The van der Waals surface area contributed by atoms with Crippen LogP contribution in [0.25, 0.3) is 0 Å². The molecule has 1 amide bonds. The molecule has 1 aromatic carbocycles. The Labute approximate surface area is 159 Å². The lowest BCUT2D eigenvalue weighted by Crippen LogP contribution is -2.44. The van der Waals surface area contributed by atoms with Gasteiger partial charge in [0.25, 0.3) is 0 Å². The molecular formula is C19H26N2O3S2. The minimum absolute atomic E-state index is 0.0891. The van der Waals surface area contributed by atoms with Crippen LogP contribution in [0, 0.1) is 13.8 Å². The zero-order valence-electron chi connectivity index (χ0n) is 16.3. The molecule has 0 bridgehead atoms. The molecule has 0 atom stereocenters. The second kappa shape index (κ2) is 6.78. The number of thiazole rings is 1. The van der Waals surface area contributed by atoms with Crippen molar-refractivity contribution in [1.82, 2.24) is 4.98 Å². The zero-order valence-corrected chi connectivity index (χ0v) is 17.9. The number of benzene rings is 1. The van der Waals surface area contributed by atoms with Gasteiger partial charge in [-0.3, -0.25) is 4.79 Å². The van der Waals surface area contributed by atoms with Gasteiger partial charge < -0.3 is 5.32 Å². The van der Waals surface area contributed by atoms with E-state index in [1.165, 1.54) is 37.3 Å². The van der Waals surface area contributed by atoms with Crippen LogP contribution in [0.4, 0.5) is 5.13 Å². The topological polar surface area (TPSA) is 76.1 Å². The first kappa shape index (κ1) is 20.6. The van der Waals surface area contributed by atoms with Gasteiger partial charge in [-0.05, 0) is 45.2 Å². The zero-order chi connectivity index (χ0) is 19.9. The van der Waals surface area contributed by atoms with Crippen LogP contribution in [0.2, 0.25) is 0 Å². The summed E-state index contributed by atoms with van der Waals surface area (Å²) < 4.78 is 24.3. The molecule has 2 aromatic rings. The minimum atomic E-state index is -3.84. The third-order valence-electron chi connectivity index (χ3n) is 4.25. The highest BCUT2D eigenvalue weighted by Gasteiger charge is 2.43. The Kier molecular flexibility index (Phi) is 5.36. The van der Waals surface area contributed by atoms with Gasteiger partial charge in [0.05, 0.1) is 10.6 Å². The summed E-state index contributed by atoms with van der Waals surface area (Å²) in [6, 6.07) is 6.51. The highest BCUT2D eigenvalue weighted by molar-refractivity contribution is 7.93. The number of hydrogen-bond acceptors (Lipinski definition) is 5. The van der Waals surface area contributed by atoms with Crippen LogP contribution < -0.4 is 5.32 Å². The van der Waals surface area contributed by atoms with Crippen LogP contribution in [-0.4, -0.2) is 24.1 Å². The summed E-state index contributed by atoms with van der Waals surface area (Å²) in [4.78, 5) is 18.4. The number of aryl methyl sites for hydroxylation is 2. The van der Waals surface area contributed by atoms with Gasteiger partial charge in [-0.2, -0.15) is 0 Å². The summed E-state index contributed by atoms with van der Waals surface area (Å²) in [5, 5.41) is 3.11. The molecule has 2 rings (SSSR count). The van der Waals surface area contributed by atoms with E-state index in [4.69, 9.17) is 0 Å². The number of anilines is 1. The predicted octanol–water partition coefficient (Wildman–Crippen LogP) is 4.25. The predicted molar refractivity (Wildman–Crippen MR) is 107 cm³/mol. The van der Waals surface area contributed by atoms with Crippen LogP contribution in [0.5, 0.6) is 0 Å². The van der Waals surface area contributed by atoms with Crippen molar-refractivity contribution in [2.45, 2.75) is 63.5 Å². The highest BCUT2D eigenvalue weighted by atomic mass is 32.2. The Balaban J connectivity index is 2.32. The molecular weight excluding hydrogens is 368 g/mol. The van der Waals surface area contributed by atoms with E-state index in [-0.39, 0.29) is 10.3 Å². The number of aromatic nitrogens is 1. The van der Waals surface area contributed by atoms with E-state index < -0.39 is 20.5 Å². The number of hydrogen-bond donors (Lipinski definition) is 1. The summed E-state index contributed by atoms with van der Waals surface area (Å²) in [6.07, 6.45) is 0. The van der Waals surface area contributed by atoms with Gasteiger partial charge in [0.15, 0.2) is 15.0 Å². The van der Waals surface area contributed by atoms with E-state index in [1.54, 1.807) is 12.1 Å². The Morgan fingerprint density at radius 1 is 1.04 bits per heavy atom. The van der Waals surface area contributed by atoms with Crippen LogP contribution in [0.3, 0.4) is 0 Å². The molecule has 7 heteroatoms. The number of nitrogens with one attached hydrogen (secondary N) is 1. The molecule has 0 aliphatic rings.